The van der Waals surface area contributed by atoms with E-state index >= 15 is 0 Å². The number of piperidine rings is 1. The smallest absolute Gasteiger partial charge is 0.100 e. The van der Waals surface area contributed by atoms with Gasteiger partial charge in [-0.1, -0.05) is 0 Å². The fraction of sp³-hybridized carbons (Fsp3) is 1.00. The standard InChI is InChI=1S/C7H15NO3/c9-3-6-1-7(11,5-10)4-8-2-6/h6,8-11H,1-5H2/t6-,7-/m0/s1. The lowest BCUT2D eigenvalue weighted by Gasteiger charge is -2.35. The minimum Gasteiger partial charge on any atom is -0.396 e. The number of hydrogen-bond donors (Lipinski definition) is 4. The van der Waals surface area contributed by atoms with Gasteiger partial charge in [0.1, 0.15) is 5.60 Å². The summed E-state index contributed by atoms with van der Waals surface area (Å²) in [6.45, 7) is 0.963. The molecular formula is C7H15NO3. The maximum atomic E-state index is 9.56. The van der Waals surface area contributed by atoms with Crippen molar-refractivity contribution in [1.82, 2.24) is 5.32 Å². The first-order valence-corrected chi connectivity index (χ1v) is 3.85. The van der Waals surface area contributed by atoms with Gasteiger partial charge in [0.15, 0.2) is 0 Å². The molecule has 0 saturated carbocycles. The molecule has 1 fully saturated rings. The summed E-state index contributed by atoms with van der Waals surface area (Å²) < 4.78 is 0. The van der Waals surface area contributed by atoms with Crippen molar-refractivity contribution in [3.63, 3.8) is 0 Å². The van der Waals surface area contributed by atoms with E-state index in [1.54, 1.807) is 0 Å². The average molecular weight is 161 g/mol. The molecule has 0 aromatic heterocycles. The highest BCUT2D eigenvalue weighted by Gasteiger charge is 2.32. The zero-order chi connectivity index (χ0) is 8.32. The van der Waals surface area contributed by atoms with Crippen molar-refractivity contribution in [3.05, 3.63) is 0 Å². The van der Waals surface area contributed by atoms with E-state index in [9.17, 15) is 5.11 Å². The number of aliphatic hydroxyl groups is 3. The third-order valence-corrected chi connectivity index (χ3v) is 2.11. The van der Waals surface area contributed by atoms with Gasteiger partial charge in [-0.15, -0.1) is 0 Å². The second-order valence-corrected chi connectivity index (χ2v) is 3.27. The van der Waals surface area contributed by atoms with Gasteiger partial charge in [0.25, 0.3) is 0 Å². The molecule has 0 aliphatic carbocycles. The normalized spacial score (nSPS) is 39.0. The van der Waals surface area contributed by atoms with E-state index in [1.807, 2.05) is 0 Å². The molecule has 0 unspecified atom stereocenters. The van der Waals surface area contributed by atoms with Gasteiger partial charge in [-0.3, -0.25) is 0 Å². The molecule has 0 aromatic rings. The van der Waals surface area contributed by atoms with Crippen molar-refractivity contribution in [3.8, 4) is 0 Å². The van der Waals surface area contributed by atoms with Crippen molar-refractivity contribution >= 4 is 0 Å². The quantitative estimate of drug-likeness (QED) is 0.390. The Morgan fingerprint density at radius 3 is 2.73 bits per heavy atom. The minimum absolute atomic E-state index is 0.0648. The summed E-state index contributed by atoms with van der Waals surface area (Å²) in [5.74, 6) is 0.0703. The van der Waals surface area contributed by atoms with Crippen molar-refractivity contribution in [2.45, 2.75) is 12.0 Å². The number of hydrogen-bond acceptors (Lipinski definition) is 4. The fourth-order valence-corrected chi connectivity index (χ4v) is 1.44. The Balaban J connectivity index is 2.44. The van der Waals surface area contributed by atoms with Crippen LogP contribution in [0.15, 0.2) is 0 Å². The summed E-state index contributed by atoms with van der Waals surface area (Å²) in [6.07, 6.45) is 0.479. The lowest BCUT2D eigenvalue weighted by molar-refractivity contribution is -0.0527. The second-order valence-electron chi connectivity index (χ2n) is 3.27. The van der Waals surface area contributed by atoms with Crippen LogP contribution in [-0.2, 0) is 0 Å². The maximum Gasteiger partial charge on any atom is 0.100 e. The molecule has 0 aromatic carbocycles. The molecule has 11 heavy (non-hydrogen) atoms. The highest BCUT2D eigenvalue weighted by Crippen LogP contribution is 2.19. The first-order chi connectivity index (χ1) is 5.20. The van der Waals surface area contributed by atoms with Gasteiger partial charge >= 0.3 is 0 Å². The molecule has 1 aliphatic heterocycles. The zero-order valence-electron chi connectivity index (χ0n) is 6.45. The van der Waals surface area contributed by atoms with E-state index < -0.39 is 5.60 Å². The molecule has 2 atom stereocenters. The van der Waals surface area contributed by atoms with Gasteiger partial charge in [0.2, 0.25) is 0 Å². The fourth-order valence-electron chi connectivity index (χ4n) is 1.44. The SMILES string of the molecule is OC[C@@H]1CNC[C@](O)(CO)C1. The van der Waals surface area contributed by atoms with Crippen LogP contribution in [0.2, 0.25) is 0 Å². The molecule has 0 radical (unpaired) electrons. The van der Waals surface area contributed by atoms with Crippen LogP contribution in [0.5, 0.6) is 0 Å². The average Bonchev–Trinajstić information content (AvgIpc) is 2.05. The van der Waals surface area contributed by atoms with E-state index in [-0.39, 0.29) is 19.1 Å². The van der Waals surface area contributed by atoms with Crippen LogP contribution < -0.4 is 5.32 Å². The lowest BCUT2D eigenvalue weighted by atomic mass is 9.88. The predicted octanol–water partition coefficient (Wildman–Crippen LogP) is -1.69. The van der Waals surface area contributed by atoms with Gasteiger partial charge in [0.05, 0.1) is 6.61 Å². The summed E-state index contributed by atoms with van der Waals surface area (Å²) in [5.41, 5.74) is -1.02. The summed E-state index contributed by atoms with van der Waals surface area (Å²) >= 11 is 0. The van der Waals surface area contributed by atoms with Crippen LogP contribution in [0, 0.1) is 5.92 Å². The number of nitrogens with one attached hydrogen (secondary N) is 1. The van der Waals surface area contributed by atoms with Crippen LogP contribution in [0.4, 0.5) is 0 Å². The predicted molar refractivity (Wildman–Crippen MR) is 40.1 cm³/mol. The molecular weight excluding hydrogens is 146 g/mol. The monoisotopic (exact) mass is 161 g/mol. The molecule has 0 amide bonds. The Hall–Kier alpha value is -0.160. The number of rotatable bonds is 2. The molecule has 66 valence electrons. The van der Waals surface area contributed by atoms with Gasteiger partial charge < -0.3 is 20.6 Å². The number of aliphatic hydroxyl groups excluding tert-OH is 2. The van der Waals surface area contributed by atoms with E-state index in [2.05, 4.69) is 5.32 Å². The molecule has 0 bridgehead atoms. The van der Waals surface area contributed by atoms with Crippen LogP contribution >= 0.6 is 0 Å². The first kappa shape index (κ1) is 8.93. The van der Waals surface area contributed by atoms with E-state index in [1.165, 1.54) is 0 Å². The molecule has 1 saturated heterocycles. The molecule has 0 spiro atoms. The Labute approximate surface area is 65.9 Å². The van der Waals surface area contributed by atoms with E-state index in [0.29, 0.717) is 13.0 Å². The van der Waals surface area contributed by atoms with Crippen LogP contribution in [0.3, 0.4) is 0 Å². The maximum absolute atomic E-state index is 9.56. The first-order valence-electron chi connectivity index (χ1n) is 3.85. The van der Waals surface area contributed by atoms with Crippen molar-refractivity contribution in [2.75, 3.05) is 26.3 Å². The highest BCUT2D eigenvalue weighted by molar-refractivity contribution is 4.88. The molecule has 1 rings (SSSR count). The topological polar surface area (TPSA) is 72.7 Å². The summed E-state index contributed by atoms with van der Waals surface area (Å²) in [5, 5.41) is 30.1. The van der Waals surface area contributed by atoms with Gasteiger partial charge in [-0.05, 0) is 12.3 Å². The zero-order valence-corrected chi connectivity index (χ0v) is 6.45. The molecule has 1 heterocycles. The van der Waals surface area contributed by atoms with Crippen LogP contribution in [0.25, 0.3) is 0 Å². The summed E-state index contributed by atoms with van der Waals surface area (Å²) in [6, 6.07) is 0. The van der Waals surface area contributed by atoms with E-state index in [0.717, 1.165) is 6.54 Å². The van der Waals surface area contributed by atoms with Crippen molar-refractivity contribution in [1.29, 1.82) is 0 Å². The molecule has 1 aliphatic rings. The van der Waals surface area contributed by atoms with Crippen LogP contribution in [0.1, 0.15) is 6.42 Å². The Morgan fingerprint density at radius 1 is 1.45 bits per heavy atom. The van der Waals surface area contributed by atoms with Gasteiger partial charge in [-0.2, -0.15) is 0 Å². The Bertz CT molecular complexity index is 131. The number of β-amino-alcohol motifs (C(OH)–C–C–N with tert-alkyl or cyclic N) is 1. The van der Waals surface area contributed by atoms with Crippen LogP contribution in [-0.4, -0.2) is 47.2 Å². The minimum atomic E-state index is -1.02. The van der Waals surface area contributed by atoms with Crippen molar-refractivity contribution in [2.24, 2.45) is 5.92 Å². The molecule has 4 heteroatoms. The second kappa shape index (κ2) is 3.49. The Kier molecular flexibility index (Phi) is 2.84. The van der Waals surface area contributed by atoms with E-state index in [4.69, 9.17) is 10.2 Å². The largest absolute Gasteiger partial charge is 0.396 e. The summed E-state index contributed by atoms with van der Waals surface area (Å²) in [4.78, 5) is 0. The highest BCUT2D eigenvalue weighted by atomic mass is 16.3. The third kappa shape index (κ3) is 2.13. The van der Waals surface area contributed by atoms with Crippen molar-refractivity contribution < 1.29 is 15.3 Å². The summed E-state index contributed by atoms with van der Waals surface area (Å²) in [7, 11) is 0. The van der Waals surface area contributed by atoms with Gasteiger partial charge in [0, 0.05) is 19.7 Å². The van der Waals surface area contributed by atoms with Gasteiger partial charge in [-0.25, -0.2) is 0 Å². The molecule has 4 N–H and O–H groups in total. The third-order valence-electron chi connectivity index (χ3n) is 2.11. The Morgan fingerprint density at radius 2 is 2.18 bits per heavy atom. The lowest BCUT2D eigenvalue weighted by Crippen LogP contribution is -2.52. The molecule has 4 nitrogen and oxygen atoms in total.